The minimum Gasteiger partial charge on any atom is -0.335 e. The lowest BCUT2D eigenvalue weighted by Crippen LogP contribution is -1.87. The van der Waals surface area contributed by atoms with Gasteiger partial charge in [0.2, 0.25) is 0 Å². The van der Waals surface area contributed by atoms with Crippen LogP contribution in [0.3, 0.4) is 0 Å². The molecule has 0 saturated carbocycles. The van der Waals surface area contributed by atoms with Crippen molar-refractivity contribution < 1.29 is 0 Å². The number of hydrogen-bond acceptors (Lipinski definition) is 6. The summed E-state index contributed by atoms with van der Waals surface area (Å²) in [7, 11) is 0. The average molecular weight is 395 g/mol. The summed E-state index contributed by atoms with van der Waals surface area (Å²) in [6, 6.07) is 11.8. The largest absolute Gasteiger partial charge is 0.335 e. The van der Waals surface area contributed by atoms with Crippen molar-refractivity contribution in [1.82, 2.24) is 35.1 Å². The molecular formula is C21H13N7S. The van der Waals surface area contributed by atoms with E-state index in [1.807, 2.05) is 30.3 Å². The summed E-state index contributed by atoms with van der Waals surface area (Å²) in [4.78, 5) is 21.4. The molecule has 138 valence electrons. The van der Waals surface area contributed by atoms with Crippen LogP contribution in [-0.2, 0) is 0 Å². The maximum absolute atomic E-state index is 4.70. The zero-order valence-electron chi connectivity index (χ0n) is 15.0. The Morgan fingerprint density at radius 1 is 0.931 bits per heavy atom. The molecule has 0 aliphatic rings. The summed E-state index contributed by atoms with van der Waals surface area (Å²) in [5.74, 6) is 0.666. The summed E-state index contributed by atoms with van der Waals surface area (Å²) in [5.41, 5.74) is 6.95. The first kappa shape index (κ1) is 16.1. The van der Waals surface area contributed by atoms with E-state index in [0.29, 0.717) is 11.5 Å². The molecule has 0 aromatic carbocycles. The minimum absolute atomic E-state index is 0.666. The molecule has 7 nitrogen and oxygen atoms in total. The fraction of sp³-hybridized carbons (Fsp3) is 0. The number of rotatable bonds is 3. The van der Waals surface area contributed by atoms with Crippen molar-refractivity contribution in [3.8, 4) is 34.0 Å². The normalized spacial score (nSPS) is 11.4. The monoisotopic (exact) mass is 395 g/mol. The van der Waals surface area contributed by atoms with Gasteiger partial charge in [-0.3, -0.25) is 15.1 Å². The third-order valence-electron chi connectivity index (χ3n) is 4.82. The Kier molecular flexibility index (Phi) is 3.50. The Hall–Kier alpha value is -3.91. The molecule has 0 aliphatic heterocycles. The Labute approximate surface area is 168 Å². The maximum Gasteiger partial charge on any atom is 0.178 e. The molecule has 6 rings (SSSR count). The first-order valence-corrected chi connectivity index (χ1v) is 9.94. The van der Waals surface area contributed by atoms with Crippen molar-refractivity contribution in [2.75, 3.05) is 0 Å². The van der Waals surface area contributed by atoms with Crippen molar-refractivity contribution in [3.05, 3.63) is 65.7 Å². The van der Waals surface area contributed by atoms with E-state index in [1.54, 1.807) is 29.9 Å². The molecule has 6 aromatic heterocycles. The van der Waals surface area contributed by atoms with E-state index >= 15 is 0 Å². The fourth-order valence-electron chi connectivity index (χ4n) is 3.43. The van der Waals surface area contributed by atoms with Gasteiger partial charge in [-0.25, -0.2) is 9.97 Å². The number of imidazole rings is 1. The van der Waals surface area contributed by atoms with Crippen LogP contribution in [0.4, 0.5) is 0 Å². The molecule has 0 saturated heterocycles. The highest BCUT2D eigenvalue weighted by Gasteiger charge is 2.16. The van der Waals surface area contributed by atoms with Crippen molar-refractivity contribution in [2.45, 2.75) is 0 Å². The van der Waals surface area contributed by atoms with Crippen molar-refractivity contribution in [2.24, 2.45) is 0 Å². The highest BCUT2D eigenvalue weighted by molar-refractivity contribution is 7.08. The molecule has 0 fully saturated rings. The summed E-state index contributed by atoms with van der Waals surface area (Å²) in [5, 5.41) is 12.6. The predicted molar refractivity (Wildman–Crippen MR) is 113 cm³/mol. The van der Waals surface area contributed by atoms with Gasteiger partial charge in [-0.1, -0.05) is 6.07 Å². The van der Waals surface area contributed by atoms with E-state index in [4.69, 9.17) is 4.98 Å². The van der Waals surface area contributed by atoms with E-state index < -0.39 is 0 Å². The number of thiophene rings is 1. The lowest BCUT2D eigenvalue weighted by Gasteiger charge is -2.00. The molecule has 0 radical (unpaired) electrons. The molecule has 0 unspecified atom stereocenters. The van der Waals surface area contributed by atoms with Gasteiger partial charge in [0, 0.05) is 23.3 Å². The van der Waals surface area contributed by atoms with Gasteiger partial charge in [-0.05, 0) is 46.7 Å². The highest BCUT2D eigenvalue weighted by Crippen LogP contribution is 2.32. The highest BCUT2D eigenvalue weighted by atomic mass is 32.1. The van der Waals surface area contributed by atoms with Crippen LogP contribution < -0.4 is 0 Å². The lowest BCUT2D eigenvalue weighted by molar-refractivity contribution is 1.10. The van der Waals surface area contributed by atoms with Crippen molar-refractivity contribution in [1.29, 1.82) is 0 Å². The summed E-state index contributed by atoms with van der Waals surface area (Å²) >= 11 is 1.66. The molecule has 6 heterocycles. The molecule has 0 amide bonds. The predicted octanol–water partition coefficient (Wildman–Crippen LogP) is 4.69. The van der Waals surface area contributed by atoms with Crippen LogP contribution in [0.1, 0.15) is 0 Å². The number of fused-ring (bicyclic) bond motifs is 2. The van der Waals surface area contributed by atoms with Crippen LogP contribution >= 0.6 is 11.3 Å². The SMILES string of the molecule is c1ccc(-c2cc3c(-c4nc5nccc(-c6ccsc6)c5[nH]4)n[nH]c3cn2)nc1. The second-order valence-electron chi connectivity index (χ2n) is 6.56. The quantitative estimate of drug-likeness (QED) is 0.453. The fourth-order valence-corrected chi connectivity index (χ4v) is 4.09. The van der Waals surface area contributed by atoms with Gasteiger partial charge in [-0.15, -0.1) is 0 Å². The molecule has 0 aliphatic carbocycles. The minimum atomic E-state index is 0.666. The average Bonchev–Trinajstić information content (AvgIpc) is 3.52. The number of hydrogen-bond donors (Lipinski definition) is 2. The molecule has 0 atom stereocenters. The summed E-state index contributed by atoms with van der Waals surface area (Å²) in [6.07, 6.45) is 5.31. The Morgan fingerprint density at radius 3 is 2.79 bits per heavy atom. The Bertz CT molecular complexity index is 1450. The van der Waals surface area contributed by atoms with Gasteiger partial charge in [0.05, 0.1) is 28.6 Å². The summed E-state index contributed by atoms with van der Waals surface area (Å²) < 4.78 is 0. The smallest absolute Gasteiger partial charge is 0.178 e. The molecule has 0 bridgehead atoms. The third-order valence-corrected chi connectivity index (χ3v) is 5.51. The second-order valence-corrected chi connectivity index (χ2v) is 7.34. The number of H-pyrrole nitrogens is 2. The van der Waals surface area contributed by atoms with Gasteiger partial charge < -0.3 is 4.98 Å². The molecule has 29 heavy (non-hydrogen) atoms. The van der Waals surface area contributed by atoms with Gasteiger partial charge in [-0.2, -0.15) is 16.4 Å². The Balaban J connectivity index is 1.53. The van der Waals surface area contributed by atoms with Crippen LogP contribution in [0, 0.1) is 0 Å². The van der Waals surface area contributed by atoms with Crippen molar-refractivity contribution in [3.63, 3.8) is 0 Å². The van der Waals surface area contributed by atoms with Gasteiger partial charge in [0.15, 0.2) is 11.5 Å². The number of nitrogens with one attached hydrogen (secondary N) is 2. The number of pyridine rings is 3. The topological polar surface area (TPSA) is 96.0 Å². The number of aromatic nitrogens is 7. The molecule has 8 heteroatoms. The first-order chi connectivity index (χ1) is 14.4. The van der Waals surface area contributed by atoms with Gasteiger partial charge in [0.25, 0.3) is 0 Å². The summed E-state index contributed by atoms with van der Waals surface area (Å²) in [6.45, 7) is 0. The van der Waals surface area contributed by atoms with Crippen LogP contribution in [0.5, 0.6) is 0 Å². The first-order valence-electron chi connectivity index (χ1n) is 9.00. The molecular weight excluding hydrogens is 382 g/mol. The number of aromatic amines is 2. The molecule has 0 spiro atoms. The standard InChI is InChI=1S/C21H13N7S/c1-2-6-22-15(3-1)16-9-14-17(10-24-16)27-28-19(14)21-25-18-13(12-5-8-29-11-12)4-7-23-20(18)26-21/h1-11H,(H,27,28)(H,23,25,26). The van der Waals surface area contributed by atoms with Crippen LogP contribution in [0.15, 0.2) is 65.7 Å². The molecule has 6 aromatic rings. The van der Waals surface area contributed by atoms with Crippen LogP contribution in [-0.4, -0.2) is 35.1 Å². The van der Waals surface area contributed by atoms with E-state index in [2.05, 4.69) is 47.0 Å². The van der Waals surface area contributed by atoms with Gasteiger partial charge >= 0.3 is 0 Å². The maximum atomic E-state index is 4.70. The third kappa shape index (κ3) is 2.61. The lowest BCUT2D eigenvalue weighted by atomic mass is 10.1. The molecule has 2 N–H and O–H groups in total. The van der Waals surface area contributed by atoms with E-state index in [-0.39, 0.29) is 0 Å². The van der Waals surface area contributed by atoms with Crippen LogP contribution in [0.25, 0.3) is 56.1 Å². The Morgan fingerprint density at radius 2 is 1.93 bits per heavy atom. The second kappa shape index (κ2) is 6.32. The van der Waals surface area contributed by atoms with E-state index in [1.165, 1.54) is 0 Å². The van der Waals surface area contributed by atoms with Gasteiger partial charge in [0.1, 0.15) is 5.69 Å². The van der Waals surface area contributed by atoms with Crippen molar-refractivity contribution >= 4 is 33.4 Å². The number of nitrogens with zero attached hydrogens (tertiary/aromatic N) is 5. The zero-order chi connectivity index (χ0) is 19.2. The van der Waals surface area contributed by atoms with E-state index in [0.717, 1.165) is 44.6 Å². The zero-order valence-corrected chi connectivity index (χ0v) is 15.8. The van der Waals surface area contributed by atoms with E-state index in [9.17, 15) is 0 Å². The van der Waals surface area contributed by atoms with Crippen LogP contribution in [0.2, 0.25) is 0 Å².